The molecule has 0 bridgehead atoms. The average molecular weight is 262 g/mol. The van der Waals surface area contributed by atoms with E-state index in [2.05, 4.69) is 41.3 Å². The number of nitrogen functional groups attached to an aromatic ring is 1. The predicted molar refractivity (Wildman–Crippen MR) is 78.4 cm³/mol. The molecular formula is C13H22N6. The zero-order valence-electron chi connectivity index (χ0n) is 12.0. The maximum Gasteiger partial charge on any atom is 0.180 e. The van der Waals surface area contributed by atoms with Gasteiger partial charge in [0.25, 0.3) is 0 Å². The van der Waals surface area contributed by atoms with Crippen LogP contribution in [0.1, 0.15) is 19.0 Å². The molecule has 0 aliphatic rings. The van der Waals surface area contributed by atoms with E-state index in [0.29, 0.717) is 17.4 Å². The van der Waals surface area contributed by atoms with Crippen molar-refractivity contribution in [2.75, 3.05) is 31.7 Å². The summed E-state index contributed by atoms with van der Waals surface area (Å²) in [6.45, 7) is 5.10. The van der Waals surface area contributed by atoms with Crippen LogP contribution in [0, 0.1) is 6.92 Å². The van der Waals surface area contributed by atoms with Gasteiger partial charge in [-0.25, -0.2) is 4.98 Å². The molecule has 1 atom stereocenters. The van der Waals surface area contributed by atoms with Crippen LogP contribution in [0.2, 0.25) is 0 Å². The molecule has 0 aromatic carbocycles. The molecule has 0 radical (unpaired) electrons. The molecule has 0 aliphatic heterocycles. The first-order chi connectivity index (χ1) is 9.01. The lowest BCUT2D eigenvalue weighted by molar-refractivity contribution is 0.378. The van der Waals surface area contributed by atoms with Crippen LogP contribution in [-0.2, 0) is 0 Å². The van der Waals surface area contributed by atoms with Crippen LogP contribution in [-0.4, -0.2) is 46.2 Å². The van der Waals surface area contributed by atoms with Crippen LogP contribution < -0.4 is 11.1 Å². The Morgan fingerprint density at radius 3 is 2.84 bits per heavy atom. The van der Waals surface area contributed by atoms with Gasteiger partial charge in [0.1, 0.15) is 5.82 Å². The third-order valence-corrected chi connectivity index (χ3v) is 3.06. The van der Waals surface area contributed by atoms with Gasteiger partial charge in [-0.1, -0.05) is 6.92 Å². The fourth-order valence-corrected chi connectivity index (χ4v) is 2.13. The second-order valence-electron chi connectivity index (χ2n) is 5.13. The van der Waals surface area contributed by atoms with Gasteiger partial charge in [-0.2, -0.15) is 9.61 Å². The number of rotatable bonds is 5. The van der Waals surface area contributed by atoms with Gasteiger partial charge in [0, 0.05) is 24.3 Å². The molecule has 0 spiro atoms. The van der Waals surface area contributed by atoms with Crippen molar-refractivity contribution in [3.8, 4) is 0 Å². The third-order valence-electron chi connectivity index (χ3n) is 3.06. The predicted octanol–water partition coefficient (Wildman–Crippen LogP) is 1.37. The monoisotopic (exact) mass is 262 g/mol. The summed E-state index contributed by atoms with van der Waals surface area (Å²) in [5.74, 6) is 0.938. The average Bonchev–Trinajstić information content (AvgIpc) is 2.70. The number of nitrogens with zero attached hydrogens (tertiary/aromatic N) is 4. The second-order valence-corrected chi connectivity index (χ2v) is 5.13. The summed E-state index contributed by atoms with van der Waals surface area (Å²) >= 11 is 0. The first kappa shape index (κ1) is 13.6. The Balaban J connectivity index is 2.33. The molecule has 1 unspecified atom stereocenters. The quantitative estimate of drug-likeness (QED) is 0.851. The molecule has 0 saturated heterocycles. The molecule has 6 heteroatoms. The summed E-state index contributed by atoms with van der Waals surface area (Å²) in [7, 11) is 4.15. The molecule has 2 aromatic rings. The van der Waals surface area contributed by atoms with E-state index in [4.69, 9.17) is 5.73 Å². The van der Waals surface area contributed by atoms with Gasteiger partial charge in [-0.3, -0.25) is 0 Å². The molecule has 6 nitrogen and oxygen atoms in total. The van der Waals surface area contributed by atoms with Gasteiger partial charge in [0.15, 0.2) is 5.65 Å². The molecule has 2 heterocycles. The largest absolute Gasteiger partial charge is 0.394 e. The number of aryl methyl sites for hydroxylation is 1. The summed E-state index contributed by atoms with van der Waals surface area (Å²) in [6, 6.07) is 2.36. The van der Waals surface area contributed by atoms with Crippen LogP contribution >= 0.6 is 0 Å². The van der Waals surface area contributed by atoms with Crippen molar-refractivity contribution in [2.45, 2.75) is 26.3 Å². The van der Waals surface area contributed by atoms with Crippen LogP contribution in [0.5, 0.6) is 0 Å². The Labute approximate surface area is 113 Å². The van der Waals surface area contributed by atoms with Crippen molar-refractivity contribution >= 4 is 17.2 Å². The Hall–Kier alpha value is -1.82. The molecule has 104 valence electrons. The van der Waals surface area contributed by atoms with Crippen molar-refractivity contribution in [1.29, 1.82) is 0 Å². The highest BCUT2D eigenvalue weighted by Crippen LogP contribution is 2.18. The Kier molecular flexibility index (Phi) is 3.90. The Morgan fingerprint density at radius 1 is 1.47 bits per heavy atom. The number of hydrogen-bond donors (Lipinski definition) is 2. The highest BCUT2D eigenvalue weighted by atomic mass is 15.3. The molecule has 0 saturated carbocycles. The summed E-state index contributed by atoms with van der Waals surface area (Å²) < 4.78 is 1.76. The highest BCUT2D eigenvalue weighted by molar-refractivity contribution is 5.66. The van der Waals surface area contributed by atoms with Gasteiger partial charge >= 0.3 is 0 Å². The molecule has 19 heavy (non-hydrogen) atoms. The van der Waals surface area contributed by atoms with Crippen molar-refractivity contribution in [1.82, 2.24) is 19.5 Å². The van der Waals surface area contributed by atoms with Crippen molar-refractivity contribution in [3.05, 3.63) is 18.0 Å². The molecule has 3 N–H and O–H groups in total. The van der Waals surface area contributed by atoms with Gasteiger partial charge in [0.2, 0.25) is 0 Å². The zero-order chi connectivity index (χ0) is 14.0. The lowest BCUT2D eigenvalue weighted by Gasteiger charge is -2.22. The fraction of sp³-hybridized carbons (Fsp3) is 0.538. The van der Waals surface area contributed by atoms with Crippen LogP contribution in [0.25, 0.3) is 5.65 Å². The normalized spacial score (nSPS) is 13.1. The highest BCUT2D eigenvalue weighted by Gasteiger charge is 2.12. The van der Waals surface area contributed by atoms with Crippen molar-refractivity contribution in [3.63, 3.8) is 0 Å². The lowest BCUT2D eigenvalue weighted by atomic mass is 10.2. The summed E-state index contributed by atoms with van der Waals surface area (Å²) in [5, 5.41) is 7.80. The van der Waals surface area contributed by atoms with Crippen LogP contribution in [0.4, 0.5) is 11.5 Å². The molecule has 2 rings (SSSR count). The van der Waals surface area contributed by atoms with Crippen molar-refractivity contribution < 1.29 is 0 Å². The summed E-state index contributed by atoms with van der Waals surface area (Å²) in [6.07, 6.45) is 2.68. The second kappa shape index (κ2) is 5.44. The topological polar surface area (TPSA) is 71.5 Å². The van der Waals surface area contributed by atoms with E-state index in [-0.39, 0.29) is 0 Å². The fourth-order valence-electron chi connectivity index (χ4n) is 2.13. The van der Waals surface area contributed by atoms with Gasteiger partial charge in [-0.15, -0.1) is 0 Å². The van der Waals surface area contributed by atoms with E-state index in [1.807, 2.05) is 13.0 Å². The number of nitrogens with two attached hydrogens (primary N) is 1. The van der Waals surface area contributed by atoms with Crippen LogP contribution in [0.15, 0.2) is 12.3 Å². The lowest BCUT2D eigenvalue weighted by Crippen LogP contribution is -2.32. The Morgan fingerprint density at radius 2 is 2.21 bits per heavy atom. The Bertz CT molecular complexity index is 560. The van der Waals surface area contributed by atoms with Crippen LogP contribution in [0.3, 0.4) is 0 Å². The molecule has 0 amide bonds. The van der Waals surface area contributed by atoms with E-state index >= 15 is 0 Å². The van der Waals surface area contributed by atoms with E-state index in [1.165, 1.54) is 0 Å². The first-order valence-corrected chi connectivity index (χ1v) is 6.53. The third kappa shape index (κ3) is 2.96. The molecular weight excluding hydrogens is 240 g/mol. The number of aromatic nitrogens is 3. The number of likely N-dealkylation sites (N-methyl/N-ethyl adjacent to an activating group) is 1. The zero-order valence-corrected chi connectivity index (χ0v) is 12.0. The van der Waals surface area contributed by atoms with Crippen molar-refractivity contribution in [2.24, 2.45) is 0 Å². The minimum absolute atomic E-state index is 0.366. The van der Waals surface area contributed by atoms with E-state index in [9.17, 15) is 0 Å². The standard InChI is InChI=1S/C13H22N6/c1-5-10(8-18(3)4)17-12-6-9(2)16-13-11(14)7-15-19(12)13/h6-7,10,17H,5,8,14H2,1-4H3. The minimum atomic E-state index is 0.366. The smallest absolute Gasteiger partial charge is 0.180 e. The maximum atomic E-state index is 5.88. The number of nitrogens with one attached hydrogen (secondary N) is 1. The summed E-state index contributed by atoms with van der Waals surface area (Å²) in [5.41, 5.74) is 8.12. The van der Waals surface area contributed by atoms with Gasteiger partial charge in [0.05, 0.1) is 11.9 Å². The molecule has 2 aromatic heterocycles. The van der Waals surface area contributed by atoms with E-state index in [0.717, 1.165) is 24.5 Å². The van der Waals surface area contributed by atoms with Gasteiger partial charge < -0.3 is 16.0 Å². The number of fused-ring (bicyclic) bond motifs is 1. The minimum Gasteiger partial charge on any atom is -0.394 e. The molecule has 0 fully saturated rings. The molecule has 0 aliphatic carbocycles. The SMILES string of the molecule is CCC(CN(C)C)Nc1cc(C)nc2c(N)cnn12. The number of hydrogen-bond acceptors (Lipinski definition) is 5. The van der Waals surface area contributed by atoms with Gasteiger partial charge in [-0.05, 0) is 27.4 Å². The van der Waals surface area contributed by atoms with E-state index < -0.39 is 0 Å². The first-order valence-electron chi connectivity index (χ1n) is 6.53. The summed E-state index contributed by atoms with van der Waals surface area (Å²) in [4.78, 5) is 6.59. The van der Waals surface area contributed by atoms with E-state index in [1.54, 1.807) is 10.7 Å². The number of anilines is 2. The maximum absolute atomic E-state index is 5.88.